The minimum atomic E-state index is 0.586. The normalized spacial score (nSPS) is 17.8. The summed E-state index contributed by atoms with van der Waals surface area (Å²) in [4.78, 5) is 9.67. The van der Waals surface area contributed by atoms with Crippen LogP contribution < -0.4 is 0 Å². The maximum absolute atomic E-state index is 4.58. The molecule has 2 heterocycles. The van der Waals surface area contributed by atoms with Crippen molar-refractivity contribution in [2.45, 2.75) is 38.0 Å². The number of aromatic amines is 1. The van der Waals surface area contributed by atoms with Gasteiger partial charge in [0.25, 0.3) is 0 Å². The average Bonchev–Trinajstić information content (AvgIpc) is 3.01. The summed E-state index contributed by atoms with van der Waals surface area (Å²) in [6.45, 7) is 0. The molecule has 1 aliphatic rings. The van der Waals surface area contributed by atoms with E-state index in [4.69, 9.17) is 0 Å². The van der Waals surface area contributed by atoms with Crippen LogP contribution in [0.3, 0.4) is 0 Å². The fourth-order valence-electron chi connectivity index (χ4n) is 2.27. The standard InChI is InChI=1S/C11H14N4S/c1-2-4-8(5-3-1)10-13-11(15-14-10)9-6-12-7-16-9/h6-8H,1-5H2,(H,13,14,15). The van der Waals surface area contributed by atoms with Crippen LogP contribution in [0.15, 0.2) is 11.7 Å². The lowest BCUT2D eigenvalue weighted by Gasteiger charge is -2.18. The van der Waals surface area contributed by atoms with E-state index in [0.29, 0.717) is 5.92 Å². The Hall–Kier alpha value is -1.23. The van der Waals surface area contributed by atoms with E-state index in [1.54, 1.807) is 11.3 Å². The summed E-state index contributed by atoms with van der Waals surface area (Å²) in [5.41, 5.74) is 1.81. The van der Waals surface area contributed by atoms with Crippen LogP contribution in [0.4, 0.5) is 0 Å². The number of hydrogen-bond acceptors (Lipinski definition) is 4. The molecule has 0 radical (unpaired) electrons. The second-order valence-electron chi connectivity index (χ2n) is 4.24. The predicted molar refractivity (Wildman–Crippen MR) is 63.3 cm³/mol. The predicted octanol–water partition coefficient (Wildman–Crippen LogP) is 2.98. The van der Waals surface area contributed by atoms with Gasteiger partial charge in [-0.3, -0.25) is 10.1 Å². The molecule has 0 saturated heterocycles. The molecule has 0 aliphatic heterocycles. The summed E-state index contributed by atoms with van der Waals surface area (Å²) in [5.74, 6) is 2.44. The largest absolute Gasteiger partial charge is 0.262 e. The Morgan fingerprint density at radius 1 is 1.25 bits per heavy atom. The molecule has 0 unspecified atom stereocenters. The van der Waals surface area contributed by atoms with Crippen LogP contribution in [0.1, 0.15) is 43.8 Å². The molecule has 2 aromatic heterocycles. The highest BCUT2D eigenvalue weighted by Crippen LogP contribution is 2.31. The number of hydrogen-bond donors (Lipinski definition) is 1. The van der Waals surface area contributed by atoms with E-state index >= 15 is 0 Å². The van der Waals surface area contributed by atoms with E-state index in [0.717, 1.165) is 16.5 Å². The molecular weight excluding hydrogens is 220 g/mol. The van der Waals surface area contributed by atoms with Gasteiger partial charge in [0.2, 0.25) is 0 Å². The smallest absolute Gasteiger partial charge is 0.192 e. The molecule has 4 nitrogen and oxygen atoms in total. The molecule has 1 N–H and O–H groups in total. The van der Waals surface area contributed by atoms with Crippen molar-refractivity contribution in [1.82, 2.24) is 20.2 Å². The molecule has 16 heavy (non-hydrogen) atoms. The number of thiazole rings is 1. The first kappa shape index (κ1) is 9.96. The number of aromatic nitrogens is 4. The number of H-pyrrole nitrogens is 1. The number of nitrogens with zero attached hydrogens (tertiary/aromatic N) is 3. The fraction of sp³-hybridized carbons (Fsp3) is 0.545. The summed E-state index contributed by atoms with van der Waals surface area (Å²) in [7, 11) is 0. The highest BCUT2D eigenvalue weighted by atomic mass is 32.1. The molecule has 1 fully saturated rings. The van der Waals surface area contributed by atoms with Gasteiger partial charge in [-0.05, 0) is 12.8 Å². The summed E-state index contributed by atoms with van der Waals surface area (Å²) < 4.78 is 0. The Morgan fingerprint density at radius 3 is 2.88 bits per heavy atom. The maximum Gasteiger partial charge on any atom is 0.192 e. The van der Waals surface area contributed by atoms with Crippen molar-refractivity contribution >= 4 is 11.3 Å². The van der Waals surface area contributed by atoms with Crippen LogP contribution in [-0.2, 0) is 0 Å². The third kappa shape index (κ3) is 1.87. The van der Waals surface area contributed by atoms with E-state index in [9.17, 15) is 0 Å². The first-order chi connectivity index (χ1) is 7.93. The second-order valence-corrected chi connectivity index (χ2v) is 5.13. The molecule has 84 valence electrons. The molecule has 1 saturated carbocycles. The van der Waals surface area contributed by atoms with Crippen LogP contribution in [0.5, 0.6) is 0 Å². The zero-order chi connectivity index (χ0) is 10.8. The lowest BCUT2D eigenvalue weighted by molar-refractivity contribution is 0.429. The summed E-state index contributed by atoms with van der Waals surface area (Å²) in [6.07, 6.45) is 8.32. The molecule has 3 rings (SSSR count). The average molecular weight is 234 g/mol. The number of nitrogens with one attached hydrogen (secondary N) is 1. The Morgan fingerprint density at radius 2 is 2.12 bits per heavy atom. The van der Waals surface area contributed by atoms with Crippen LogP contribution >= 0.6 is 11.3 Å². The summed E-state index contributed by atoms with van der Waals surface area (Å²) in [5, 5.41) is 7.35. The summed E-state index contributed by atoms with van der Waals surface area (Å²) in [6, 6.07) is 0. The molecule has 1 aliphatic carbocycles. The van der Waals surface area contributed by atoms with Crippen LogP contribution in [0.25, 0.3) is 10.7 Å². The van der Waals surface area contributed by atoms with Crippen LogP contribution in [0, 0.1) is 0 Å². The molecule has 0 bridgehead atoms. The van der Waals surface area contributed by atoms with Crippen molar-refractivity contribution in [1.29, 1.82) is 0 Å². The third-order valence-electron chi connectivity index (χ3n) is 3.15. The Labute approximate surface area is 98.1 Å². The minimum Gasteiger partial charge on any atom is -0.262 e. The molecule has 0 spiro atoms. The topological polar surface area (TPSA) is 54.5 Å². The third-order valence-corrected chi connectivity index (χ3v) is 3.92. The monoisotopic (exact) mass is 234 g/mol. The van der Waals surface area contributed by atoms with Crippen molar-refractivity contribution in [3.63, 3.8) is 0 Å². The van der Waals surface area contributed by atoms with Gasteiger partial charge in [-0.15, -0.1) is 11.3 Å². The van der Waals surface area contributed by atoms with Crippen LogP contribution in [-0.4, -0.2) is 20.2 Å². The Balaban J connectivity index is 1.82. The van der Waals surface area contributed by atoms with Gasteiger partial charge in [0.15, 0.2) is 5.82 Å². The molecule has 5 heteroatoms. The molecule has 0 amide bonds. The lowest BCUT2D eigenvalue weighted by atomic mass is 9.89. The molecule has 0 atom stereocenters. The van der Waals surface area contributed by atoms with Gasteiger partial charge >= 0.3 is 0 Å². The van der Waals surface area contributed by atoms with E-state index in [1.165, 1.54) is 32.1 Å². The van der Waals surface area contributed by atoms with Gasteiger partial charge in [-0.2, -0.15) is 5.10 Å². The van der Waals surface area contributed by atoms with E-state index < -0.39 is 0 Å². The summed E-state index contributed by atoms with van der Waals surface area (Å²) >= 11 is 1.58. The van der Waals surface area contributed by atoms with Crippen molar-refractivity contribution in [2.24, 2.45) is 0 Å². The highest BCUT2D eigenvalue weighted by molar-refractivity contribution is 7.13. The quantitative estimate of drug-likeness (QED) is 0.869. The van der Waals surface area contributed by atoms with Crippen molar-refractivity contribution in [2.75, 3.05) is 0 Å². The van der Waals surface area contributed by atoms with Gasteiger partial charge in [0, 0.05) is 12.1 Å². The fourth-order valence-corrected chi connectivity index (χ4v) is 2.82. The van der Waals surface area contributed by atoms with Crippen molar-refractivity contribution in [3.8, 4) is 10.7 Å². The highest BCUT2D eigenvalue weighted by Gasteiger charge is 2.19. The SMILES string of the molecule is c1ncc(-c2n[nH]c(C3CCCCC3)n2)s1. The molecular formula is C11H14N4S. The van der Waals surface area contributed by atoms with Crippen molar-refractivity contribution in [3.05, 3.63) is 17.5 Å². The minimum absolute atomic E-state index is 0.586. The van der Waals surface area contributed by atoms with Crippen molar-refractivity contribution < 1.29 is 0 Å². The first-order valence-corrected chi connectivity index (χ1v) is 6.62. The van der Waals surface area contributed by atoms with Crippen LogP contribution in [0.2, 0.25) is 0 Å². The van der Waals surface area contributed by atoms with Gasteiger partial charge in [-0.1, -0.05) is 19.3 Å². The zero-order valence-electron chi connectivity index (χ0n) is 9.02. The van der Waals surface area contributed by atoms with E-state index in [2.05, 4.69) is 20.2 Å². The maximum atomic E-state index is 4.58. The first-order valence-electron chi connectivity index (χ1n) is 5.74. The van der Waals surface area contributed by atoms with E-state index in [1.807, 2.05) is 11.7 Å². The van der Waals surface area contributed by atoms with E-state index in [-0.39, 0.29) is 0 Å². The van der Waals surface area contributed by atoms with Gasteiger partial charge < -0.3 is 0 Å². The van der Waals surface area contributed by atoms with Gasteiger partial charge in [0.1, 0.15) is 5.82 Å². The molecule has 2 aromatic rings. The Kier molecular flexibility index (Phi) is 2.70. The molecule has 0 aromatic carbocycles. The Bertz CT molecular complexity index is 442. The number of rotatable bonds is 2. The van der Waals surface area contributed by atoms with Gasteiger partial charge in [-0.25, -0.2) is 4.98 Å². The zero-order valence-corrected chi connectivity index (χ0v) is 9.83. The second kappa shape index (κ2) is 4.33. The lowest BCUT2D eigenvalue weighted by Crippen LogP contribution is -2.06. The van der Waals surface area contributed by atoms with Gasteiger partial charge in [0.05, 0.1) is 10.4 Å².